The average molecular weight is 222 g/mol. The van der Waals surface area contributed by atoms with Gasteiger partial charge in [-0.05, 0) is 57.7 Å². The Morgan fingerprint density at radius 3 is 2.25 bits per heavy atom. The van der Waals surface area contributed by atoms with E-state index in [1.165, 1.54) is 16.7 Å². The third-order valence-electron chi connectivity index (χ3n) is 3.08. The Bertz CT molecular complexity index is 361. The summed E-state index contributed by atoms with van der Waals surface area (Å²) in [6, 6.07) is 4.16. The zero-order valence-electron chi connectivity index (χ0n) is 11.1. The van der Waals surface area contributed by atoms with Gasteiger partial charge >= 0.3 is 0 Å². The lowest BCUT2D eigenvalue weighted by Crippen LogP contribution is -2.31. The minimum Gasteiger partial charge on any atom is -0.496 e. The van der Waals surface area contributed by atoms with Gasteiger partial charge in [-0.25, -0.2) is 0 Å². The second kappa shape index (κ2) is 5.32. The van der Waals surface area contributed by atoms with E-state index in [1.807, 2.05) is 13.1 Å². The van der Waals surface area contributed by atoms with E-state index in [4.69, 9.17) is 4.74 Å². The van der Waals surface area contributed by atoms with E-state index in [-0.39, 0.29) is 6.17 Å². The normalized spacial score (nSPS) is 12.9. The largest absolute Gasteiger partial charge is 0.496 e. The fourth-order valence-electron chi connectivity index (χ4n) is 2.03. The lowest BCUT2D eigenvalue weighted by atomic mass is 10.00. The molecule has 0 aliphatic carbocycles. The molecule has 0 saturated heterocycles. The van der Waals surface area contributed by atoms with Crippen LogP contribution in [0.4, 0.5) is 0 Å². The summed E-state index contributed by atoms with van der Waals surface area (Å²) in [4.78, 5) is 2.16. The fourth-order valence-corrected chi connectivity index (χ4v) is 2.03. The highest BCUT2D eigenvalue weighted by Gasteiger charge is 2.16. The van der Waals surface area contributed by atoms with Crippen LogP contribution in [0.3, 0.4) is 0 Å². The number of rotatable bonds is 4. The van der Waals surface area contributed by atoms with Gasteiger partial charge in [0, 0.05) is 0 Å². The maximum atomic E-state index is 5.32. The van der Waals surface area contributed by atoms with Crippen LogP contribution in [0.1, 0.15) is 22.9 Å². The molecule has 1 atom stereocenters. The summed E-state index contributed by atoms with van der Waals surface area (Å²) >= 11 is 0. The van der Waals surface area contributed by atoms with Crippen LogP contribution in [0.2, 0.25) is 0 Å². The van der Waals surface area contributed by atoms with Crippen molar-refractivity contribution < 1.29 is 4.74 Å². The highest BCUT2D eigenvalue weighted by atomic mass is 16.5. The van der Waals surface area contributed by atoms with Crippen molar-refractivity contribution in [2.45, 2.75) is 20.0 Å². The van der Waals surface area contributed by atoms with Gasteiger partial charge in [0.1, 0.15) is 5.75 Å². The summed E-state index contributed by atoms with van der Waals surface area (Å²) in [5.74, 6) is 0.954. The third kappa shape index (κ3) is 2.36. The molecule has 1 unspecified atom stereocenters. The molecule has 3 nitrogen and oxygen atoms in total. The summed E-state index contributed by atoms with van der Waals surface area (Å²) in [5.41, 5.74) is 3.79. The zero-order chi connectivity index (χ0) is 12.3. The number of nitrogens with one attached hydrogen (secondary N) is 1. The Labute approximate surface area is 98.4 Å². The molecule has 0 saturated carbocycles. The van der Waals surface area contributed by atoms with Gasteiger partial charge in [0.25, 0.3) is 0 Å². The Morgan fingerprint density at radius 2 is 1.81 bits per heavy atom. The topological polar surface area (TPSA) is 24.5 Å². The number of nitrogens with zero attached hydrogens (tertiary/aromatic N) is 1. The molecule has 90 valence electrons. The van der Waals surface area contributed by atoms with Gasteiger partial charge < -0.3 is 10.1 Å². The van der Waals surface area contributed by atoms with Crippen molar-refractivity contribution in [3.63, 3.8) is 0 Å². The van der Waals surface area contributed by atoms with Crippen LogP contribution < -0.4 is 10.1 Å². The summed E-state index contributed by atoms with van der Waals surface area (Å²) < 4.78 is 5.32. The lowest BCUT2D eigenvalue weighted by molar-refractivity contribution is 0.263. The van der Waals surface area contributed by atoms with Crippen LogP contribution in [-0.4, -0.2) is 33.2 Å². The molecule has 1 aromatic carbocycles. The van der Waals surface area contributed by atoms with Crippen LogP contribution in [0, 0.1) is 13.8 Å². The maximum absolute atomic E-state index is 5.32. The molecular formula is C13H22N2O. The van der Waals surface area contributed by atoms with Gasteiger partial charge in [-0.1, -0.05) is 6.07 Å². The molecule has 0 aromatic heterocycles. The van der Waals surface area contributed by atoms with Gasteiger partial charge in [-0.2, -0.15) is 0 Å². The fraction of sp³-hybridized carbons (Fsp3) is 0.538. The molecule has 1 aromatic rings. The molecule has 0 radical (unpaired) electrons. The zero-order valence-corrected chi connectivity index (χ0v) is 11.1. The van der Waals surface area contributed by atoms with Crippen molar-refractivity contribution >= 4 is 0 Å². The van der Waals surface area contributed by atoms with E-state index in [0.29, 0.717) is 0 Å². The Balaban J connectivity index is 3.20. The molecule has 0 aliphatic rings. The van der Waals surface area contributed by atoms with E-state index >= 15 is 0 Å². The third-order valence-corrected chi connectivity index (χ3v) is 3.08. The summed E-state index contributed by atoms with van der Waals surface area (Å²) in [5, 5.41) is 3.31. The second-order valence-corrected chi connectivity index (χ2v) is 4.26. The van der Waals surface area contributed by atoms with Gasteiger partial charge in [0.05, 0.1) is 13.3 Å². The van der Waals surface area contributed by atoms with E-state index in [2.05, 4.69) is 44.2 Å². The molecule has 1 rings (SSSR count). The second-order valence-electron chi connectivity index (χ2n) is 4.26. The highest BCUT2D eigenvalue weighted by molar-refractivity contribution is 5.44. The lowest BCUT2D eigenvalue weighted by Gasteiger charge is -2.26. The molecular weight excluding hydrogens is 200 g/mol. The first-order valence-corrected chi connectivity index (χ1v) is 5.50. The van der Waals surface area contributed by atoms with Gasteiger partial charge in [0.2, 0.25) is 0 Å². The van der Waals surface area contributed by atoms with Crippen LogP contribution in [0.5, 0.6) is 5.75 Å². The minimum atomic E-state index is 0.240. The summed E-state index contributed by atoms with van der Waals surface area (Å²) in [6.07, 6.45) is 0.240. The first-order valence-electron chi connectivity index (χ1n) is 5.50. The predicted octanol–water partition coefficient (Wildman–Crippen LogP) is 2.09. The molecule has 0 aliphatic heterocycles. The highest BCUT2D eigenvalue weighted by Crippen LogP contribution is 2.28. The number of methoxy groups -OCH3 is 1. The minimum absolute atomic E-state index is 0.240. The van der Waals surface area contributed by atoms with E-state index in [0.717, 1.165) is 5.75 Å². The van der Waals surface area contributed by atoms with Crippen LogP contribution >= 0.6 is 0 Å². The van der Waals surface area contributed by atoms with Crippen LogP contribution in [0.25, 0.3) is 0 Å². The number of benzene rings is 1. The van der Waals surface area contributed by atoms with Gasteiger partial charge in [0.15, 0.2) is 0 Å². The number of ether oxygens (including phenoxy) is 1. The van der Waals surface area contributed by atoms with Crippen LogP contribution in [-0.2, 0) is 0 Å². The van der Waals surface area contributed by atoms with Gasteiger partial charge in [-0.15, -0.1) is 0 Å². The molecule has 0 amide bonds. The van der Waals surface area contributed by atoms with Crippen LogP contribution in [0.15, 0.2) is 12.1 Å². The summed E-state index contributed by atoms with van der Waals surface area (Å²) in [6.45, 7) is 4.24. The van der Waals surface area contributed by atoms with Crippen molar-refractivity contribution in [2.24, 2.45) is 0 Å². The molecule has 0 fully saturated rings. The molecule has 1 N–H and O–H groups in total. The quantitative estimate of drug-likeness (QED) is 0.790. The molecule has 0 heterocycles. The Morgan fingerprint density at radius 1 is 1.19 bits per heavy atom. The Kier molecular flexibility index (Phi) is 4.33. The predicted molar refractivity (Wildman–Crippen MR) is 68.0 cm³/mol. The standard InChI is InChI=1S/C13H22N2O/c1-9-10(2)12(16-6)8-7-11(9)13(14-3)15(4)5/h7-8,13-14H,1-6H3. The smallest absolute Gasteiger partial charge is 0.122 e. The van der Waals surface area contributed by atoms with Crippen molar-refractivity contribution in [3.8, 4) is 5.75 Å². The van der Waals surface area contributed by atoms with Gasteiger partial charge in [-0.3, -0.25) is 4.90 Å². The van der Waals surface area contributed by atoms with E-state index in [1.54, 1.807) is 7.11 Å². The monoisotopic (exact) mass is 222 g/mol. The van der Waals surface area contributed by atoms with E-state index in [9.17, 15) is 0 Å². The van der Waals surface area contributed by atoms with Crippen molar-refractivity contribution in [3.05, 3.63) is 28.8 Å². The van der Waals surface area contributed by atoms with E-state index < -0.39 is 0 Å². The first-order chi connectivity index (χ1) is 7.52. The molecule has 0 bridgehead atoms. The number of hydrogen-bond donors (Lipinski definition) is 1. The maximum Gasteiger partial charge on any atom is 0.122 e. The van der Waals surface area contributed by atoms with Crippen molar-refractivity contribution in [2.75, 3.05) is 28.3 Å². The van der Waals surface area contributed by atoms with Crippen molar-refractivity contribution in [1.29, 1.82) is 0 Å². The average Bonchev–Trinajstić information content (AvgIpc) is 2.25. The Hall–Kier alpha value is -1.06. The molecule has 3 heteroatoms. The first kappa shape index (κ1) is 13.0. The molecule has 0 spiro atoms. The number of hydrogen-bond acceptors (Lipinski definition) is 3. The van der Waals surface area contributed by atoms with Crippen molar-refractivity contribution in [1.82, 2.24) is 10.2 Å². The SMILES string of the molecule is CNC(c1ccc(OC)c(C)c1C)N(C)C. The summed E-state index contributed by atoms with van der Waals surface area (Å²) in [7, 11) is 7.83. The molecule has 16 heavy (non-hydrogen) atoms.